The largest absolute Gasteiger partial charge is 0.504 e. The van der Waals surface area contributed by atoms with E-state index in [1.165, 1.54) is 24.3 Å². The van der Waals surface area contributed by atoms with Crippen molar-refractivity contribution in [1.29, 1.82) is 0 Å². The Bertz CT molecular complexity index is 1350. The molecule has 6 heteroatoms. The summed E-state index contributed by atoms with van der Waals surface area (Å²) in [6.07, 6.45) is 9.35. The fourth-order valence-electron chi connectivity index (χ4n) is 4.51. The fourth-order valence-corrected chi connectivity index (χ4v) is 5.75. The number of aromatic hydroxyl groups is 4. The second kappa shape index (κ2) is 14.2. The summed E-state index contributed by atoms with van der Waals surface area (Å²) in [7, 11) is -1.03. The number of allylic oxidation sites excluding steroid dienone is 2. The van der Waals surface area contributed by atoms with Crippen LogP contribution in [0.2, 0.25) is 0 Å². The Balaban J connectivity index is 1.42. The van der Waals surface area contributed by atoms with Crippen LogP contribution < -0.4 is 0 Å². The zero-order valence-corrected chi connectivity index (χ0v) is 23.0. The Hall–Kier alpha value is -4.29. The lowest BCUT2D eigenvalue weighted by molar-refractivity contribution is 0.403. The van der Waals surface area contributed by atoms with Crippen LogP contribution in [0.4, 0.5) is 0 Å². The first-order chi connectivity index (χ1) is 19.4. The first-order valence-corrected chi connectivity index (χ1v) is 14.7. The van der Waals surface area contributed by atoms with E-state index < -0.39 is 10.8 Å². The quantitative estimate of drug-likeness (QED) is 0.137. The molecule has 4 rings (SSSR count). The van der Waals surface area contributed by atoms with Crippen LogP contribution in [-0.4, -0.2) is 36.1 Å². The van der Waals surface area contributed by atoms with Crippen LogP contribution in [-0.2, 0) is 10.8 Å². The van der Waals surface area contributed by atoms with E-state index in [0.717, 1.165) is 22.3 Å². The van der Waals surface area contributed by atoms with Gasteiger partial charge in [0.2, 0.25) is 0 Å². The molecule has 2 unspecified atom stereocenters. The lowest BCUT2D eigenvalue weighted by Gasteiger charge is -2.16. The molecule has 0 heterocycles. The lowest BCUT2D eigenvalue weighted by Crippen LogP contribution is -2.09. The van der Waals surface area contributed by atoms with Gasteiger partial charge >= 0.3 is 0 Å². The molecule has 2 atom stereocenters. The molecule has 0 amide bonds. The van der Waals surface area contributed by atoms with Gasteiger partial charge in [0.25, 0.3) is 0 Å². The van der Waals surface area contributed by atoms with Crippen LogP contribution in [0.25, 0.3) is 12.2 Å². The Morgan fingerprint density at radius 2 is 0.950 bits per heavy atom. The van der Waals surface area contributed by atoms with Crippen LogP contribution in [0.1, 0.15) is 46.9 Å². The van der Waals surface area contributed by atoms with Crippen molar-refractivity contribution >= 4 is 23.0 Å². The molecule has 0 aliphatic heterocycles. The van der Waals surface area contributed by atoms with Crippen molar-refractivity contribution in [3.8, 4) is 23.0 Å². The zero-order chi connectivity index (χ0) is 28.3. The maximum absolute atomic E-state index is 13.2. The second-order valence-electron chi connectivity index (χ2n) is 9.67. The Labute approximate surface area is 237 Å². The number of rotatable bonds is 12. The average molecular weight is 555 g/mol. The van der Waals surface area contributed by atoms with Crippen molar-refractivity contribution in [2.24, 2.45) is 0 Å². The minimum atomic E-state index is -1.03. The SMILES string of the molecule is O=S(CCC(/C=C/c1ccc(O)c(O)c1)c1ccccc1)CCC(/C=C/c1ccc(O)c(O)c1)c1ccccc1. The third-order valence-corrected chi connectivity index (χ3v) is 8.19. The highest BCUT2D eigenvalue weighted by Gasteiger charge is 2.14. The van der Waals surface area contributed by atoms with Crippen LogP contribution in [0.5, 0.6) is 23.0 Å². The Morgan fingerprint density at radius 3 is 1.32 bits per heavy atom. The van der Waals surface area contributed by atoms with Gasteiger partial charge in [-0.1, -0.05) is 97.1 Å². The van der Waals surface area contributed by atoms with Crippen molar-refractivity contribution in [3.05, 3.63) is 131 Å². The summed E-state index contributed by atoms with van der Waals surface area (Å²) in [6, 6.07) is 29.6. The fraction of sp³-hybridized carbons (Fsp3) is 0.176. The summed E-state index contributed by atoms with van der Waals surface area (Å²) in [5, 5.41) is 38.8. The van der Waals surface area contributed by atoms with Gasteiger partial charge in [-0.2, -0.15) is 0 Å². The number of benzene rings is 4. The topological polar surface area (TPSA) is 98.0 Å². The van der Waals surface area contributed by atoms with Crippen molar-refractivity contribution in [3.63, 3.8) is 0 Å². The van der Waals surface area contributed by atoms with Gasteiger partial charge in [0.05, 0.1) is 0 Å². The highest BCUT2D eigenvalue weighted by molar-refractivity contribution is 7.84. The minimum absolute atomic E-state index is 0.0492. The zero-order valence-electron chi connectivity index (χ0n) is 22.1. The van der Waals surface area contributed by atoms with Crippen molar-refractivity contribution in [2.75, 3.05) is 11.5 Å². The number of hydrogen-bond acceptors (Lipinski definition) is 5. The lowest BCUT2D eigenvalue weighted by atomic mass is 9.95. The summed E-state index contributed by atoms with van der Waals surface area (Å²) < 4.78 is 13.2. The smallest absolute Gasteiger partial charge is 0.157 e. The van der Waals surface area contributed by atoms with E-state index in [4.69, 9.17) is 0 Å². The van der Waals surface area contributed by atoms with Gasteiger partial charge < -0.3 is 20.4 Å². The van der Waals surface area contributed by atoms with E-state index >= 15 is 0 Å². The highest BCUT2D eigenvalue weighted by atomic mass is 32.2. The van der Waals surface area contributed by atoms with Gasteiger partial charge in [0, 0.05) is 34.1 Å². The van der Waals surface area contributed by atoms with Crippen molar-refractivity contribution < 1.29 is 24.6 Å². The van der Waals surface area contributed by atoms with Gasteiger partial charge in [-0.25, -0.2) is 0 Å². The summed E-state index contributed by atoms with van der Waals surface area (Å²) in [5.41, 5.74) is 3.80. The summed E-state index contributed by atoms with van der Waals surface area (Å²) in [5.74, 6) is 0.548. The molecular formula is C34H34O5S. The van der Waals surface area contributed by atoms with Crippen LogP contribution >= 0.6 is 0 Å². The van der Waals surface area contributed by atoms with Crippen LogP contribution in [0, 0.1) is 0 Å². The van der Waals surface area contributed by atoms with Gasteiger partial charge in [-0.3, -0.25) is 4.21 Å². The molecule has 0 radical (unpaired) electrons. The van der Waals surface area contributed by atoms with E-state index in [2.05, 4.69) is 36.4 Å². The number of phenols is 4. The first kappa shape index (κ1) is 28.7. The molecule has 0 saturated heterocycles. The standard InChI is InChI=1S/C34H34O5S/c35-31-17-13-25(23-33(31)37)11-15-29(27-7-3-1-4-8-27)19-21-40(39)22-20-30(28-9-5-2-6-10-28)16-12-26-14-18-32(36)34(38)24-26/h1-18,23-24,29-30,35-38H,19-22H2/b15-11+,16-12+. The monoisotopic (exact) mass is 554 g/mol. The molecule has 0 spiro atoms. The molecule has 0 fully saturated rings. The predicted octanol–water partition coefficient (Wildman–Crippen LogP) is 7.33. The predicted molar refractivity (Wildman–Crippen MR) is 163 cm³/mol. The number of hydrogen-bond donors (Lipinski definition) is 4. The van der Waals surface area contributed by atoms with Gasteiger partial charge in [-0.05, 0) is 59.4 Å². The van der Waals surface area contributed by atoms with E-state index in [-0.39, 0.29) is 34.8 Å². The van der Waals surface area contributed by atoms with Gasteiger partial charge in [0.15, 0.2) is 23.0 Å². The molecule has 4 aromatic carbocycles. The molecule has 0 saturated carbocycles. The molecule has 0 aliphatic carbocycles. The van der Waals surface area contributed by atoms with E-state index in [9.17, 15) is 24.6 Å². The first-order valence-electron chi connectivity index (χ1n) is 13.2. The molecule has 0 aromatic heterocycles. The average Bonchev–Trinajstić information content (AvgIpc) is 2.97. The summed E-state index contributed by atoms with van der Waals surface area (Å²) >= 11 is 0. The third-order valence-electron chi connectivity index (χ3n) is 6.81. The number of phenolic OH excluding ortho intramolecular Hbond substituents is 4. The maximum Gasteiger partial charge on any atom is 0.157 e. The van der Waals surface area contributed by atoms with Crippen LogP contribution in [0.15, 0.2) is 109 Å². The molecular weight excluding hydrogens is 520 g/mol. The molecule has 5 nitrogen and oxygen atoms in total. The molecule has 40 heavy (non-hydrogen) atoms. The normalized spacial score (nSPS) is 13.9. The molecule has 4 N–H and O–H groups in total. The van der Waals surface area contributed by atoms with Crippen LogP contribution in [0.3, 0.4) is 0 Å². The second-order valence-corrected chi connectivity index (χ2v) is 11.4. The molecule has 206 valence electrons. The van der Waals surface area contributed by atoms with E-state index in [0.29, 0.717) is 24.3 Å². The summed E-state index contributed by atoms with van der Waals surface area (Å²) in [6.45, 7) is 0. The van der Waals surface area contributed by atoms with E-state index in [1.54, 1.807) is 12.1 Å². The highest BCUT2D eigenvalue weighted by Crippen LogP contribution is 2.29. The Morgan fingerprint density at radius 1 is 0.550 bits per heavy atom. The van der Waals surface area contributed by atoms with E-state index in [1.807, 2.05) is 48.6 Å². The minimum Gasteiger partial charge on any atom is -0.504 e. The van der Waals surface area contributed by atoms with Gasteiger partial charge in [0.1, 0.15) is 0 Å². The Kier molecular flexibility index (Phi) is 10.2. The molecule has 4 aromatic rings. The maximum atomic E-state index is 13.2. The van der Waals surface area contributed by atoms with Crippen molar-refractivity contribution in [1.82, 2.24) is 0 Å². The molecule has 0 aliphatic rings. The third kappa shape index (κ3) is 8.35. The van der Waals surface area contributed by atoms with Crippen molar-refractivity contribution in [2.45, 2.75) is 24.7 Å². The molecule has 0 bridgehead atoms. The van der Waals surface area contributed by atoms with Gasteiger partial charge in [-0.15, -0.1) is 0 Å². The summed E-state index contributed by atoms with van der Waals surface area (Å²) in [4.78, 5) is 0.